The Morgan fingerprint density at radius 3 is 1.54 bits per heavy atom. The minimum atomic E-state index is -2.56. The van der Waals surface area contributed by atoms with Gasteiger partial charge in [-0.2, -0.15) is 0 Å². The molecule has 2 heterocycles. The second-order valence-corrected chi connectivity index (χ2v) is 7.05. The molecule has 3 atom stereocenters. The predicted molar refractivity (Wildman–Crippen MR) is 91.8 cm³/mol. The highest BCUT2D eigenvalue weighted by molar-refractivity contribution is 5.30. The Labute approximate surface area is 159 Å². The van der Waals surface area contributed by atoms with Gasteiger partial charge < -0.3 is 14.6 Å². The minimum Gasteiger partial charge on any atom is -0.394 e. The van der Waals surface area contributed by atoms with E-state index in [9.17, 15) is 22.7 Å². The molecular weight excluding hydrogens is 378 g/mol. The van der Waals surface area contributed by atoms with E-state index in [1.165, 1.54) is 24.3 Å². The molecule has 28 heavy (non-hydrogen) atoms. The summed E-state index contributed by atoms with van der Waals surface area (Å²) in [5.74, 6) is 0. The van der Waals surface area contributed by atoms with Crippen LogP contribution in [-0.4, -0.2) is 35.4 Å². The van der Waals surface area contributed by atoms with Gasteiger partial charge >= 0.3 is 0 Å². The van der Waals surface area contributed by atoms with Gasteiger partial charge in [0.05, 0.1) is 25.4 Å². The summed E-state index contributed by atoms with van der Waals surface area (Å²) in [4.78, 5) is 1.85. The summed E-state index contributed by atoms with van der Waals surface area (Å²) >= 11 is 0. The zero-order valence-electron chi connectivity index (χ0n) is 14.8. The maximum absolute atomic E-state index is 12.8. The van der Waals surface area contributed by atoms with Crippen molar-refractivity contribution < 1.29 is 32.1 Å². The number of halogens is 4. The molecule has 2 aliphatic rings. The molecule has 1 N–H and O–H groups in total. The molecule has 0 radical (unpaired) electrons. The molecule has 2 aliphatic heterocycles. The van der Waals surface area contributed by atoms with Gasteiger partial charge in [-0.15, -0.1) is 0 Å². The summed E-state index contributed by atoms with van der Waals surface area (Å²) in [7, 11) is 0. The van der Waals surface area contributed by atoms with Crippen LogP contribution in [-0.2, 0) is 9.47 Å². The molecule has 150 valence electrons. The van der Waals surface area contributed by atoms with Crippen molar-refractivity contribution >= 4 is 0 Å². The summed E-state index contributed by atoms with van der Waals surface area (Å²) < 4.78 is 63.1. The zero-order valence-corrected chi connectivity index (χ0v) is 14.8. The van der Waals surface area contributed by atoms with Crippen LogP contribution in [0.15, 0.2) is 48.5 Å². The van der Waals surface area contributed by atoms with E-state index in [1.807, 2.05) is 4.90 Å². The molecular formula is C20H19F4NO3. The van der Waals surface area contributed by atoms with Crippen molar-refractivity contribution in [3.8, 4) is 0 Å². The number of aliphatic hydroxyl groups excluding tert-OH is 1. The van der Waals surface area contributed by atoms with Crippen LogP contribution in [0.4, 0.5) is 17.6 Å². The number of rotatable bonds is 5. The van der Waals surface area contributed by atoms with Crippen molar-refractivity contribution in [1.82, 2.24) is 4.90 Å². The van der Waals surface area contributed by atoms with Gasteiger partial charge in [-0.05, 0) is 11.1 Å². The third kappa shape index (κ3) is 3.20. The zero-order chi connectivity index (χ0) is 19.9. The van der Waals surface area contributed by atoms with Gasteiger partial charge in [0.25, 0.3) is 12.9 Å². The molecule has 0 aromatic heterocycles. The summed E-state index contributed by atoms with van der Waals surface area (Å²) in [6.07, 6.45) is -6.35. The fourth-order valence-corrected chi connectivity index (χ4v) is 3.74. The van der Waals surface area contributed by atoms with Gasteiger partial charge in [0.15, 0.2) is 0 Å². The molecule has 2 aromatic carbocycles. The van der Waals surface area contributed by atoms with Crippen molar-refractivity contribution in [2.75, 3.05) is 19.8 Å². The number of nitrogens with zero attached hydrogens (tertiary/aromatic N) is 1. The standard InChI is InChI=1S/C20H19F4NO3/c21-16(22)12-1-5-14(6-2-12)18-25-19(28-11-20(25,9-26)10-27-18)15-7-3-13(4-8-15)17(23)24/h1-8,16-19,26H,9-11H2/t18-,19+,20-. The van der Waals surface area contributed by atoms with Crippen LogP contribution in [0, 0.1) is 0 Å². The molecule has 2 saturated heterocycles. The maximum Gasteiger partial charge on any atom is 0.263 e. The van der Waals surface area contributed by atoms with E-state index in [1.54, 1.807) is 24.3 Å². The number of hydrogen-bond acceptors (Lipinski definition) is 4. The second kappa shape index (κ2) is 7.44. The SMILES string of the molecule is OC[C@]12CO[C@H](c3ccc(C(F)F)cc3)N1[C@H](c1ccc(C(F)F)cc1)OC2. The highest BCUT2D eigenvalue weighted by Gasteiger charge is 2.56. The third-order valence-corrected chi connectivity index (χ3v) is 5.31. The molecule has 0 amide bonds. The quantitative estimate of drug-likeness (QED) is 0.762. The van der Waals surface area contributed by atoms with Crippen LogP contribution >= 0.6 is 0 Å². The van der Waals surface area contributed by atoms with Gasteiger partial charge in [-0.3, -0.25) is 0 Å². The molecule has 0 bridgehead atoms. The van der Waals surface area contributed by atoms with Crippen LogP contribution in [0.2, 0.25) is 0 Å². The van der Waals surface area contributed by atoms with Crippen molar-refractivity contribution in [2.24, 2.45) is 0 Å². The normalized spacial score (nSPS) is 27.7. The Morgan fingerprint density at radius 2 is 1.21 bits per heavy atom. The number of aliphatic hydroxyl groups is 1. The lowest BCUT2D eigenvalue weighted by Crippen LogP contribution is -2.47. The Balaban J connectivity index is 1.66. The van der Waals surface area contributed by atoms with E-state index < -0.39 is 30.8 Å². The molecule has 2 aromatic rings. The average molecular weight is 397 g/mol. The minimum absolute atomic E-state index is 0.0908. The lowest BCUT2D eigenvalue weighted by atomic mass is 10.0. The summed E-state index contributed by atoms with van der Waals surface area (Å²) in [5.41, 5.74) is 0.343. The third-order valence-electron chi connectivity index (χ3n) is 5.31. The van der Waals surface area contributed by atoms with Gasteiger partial charge in [-0.25, -0.2) is 22.5 Å². The van der Waals surface area contributed by atoms with E-state index in [4.69, 9.17) is 9.47 Å². The van der Waals surface area contributed by atoms with Crippen molar-refractivity contribution in [3.05, 3.63) is 70.8 Å². The van der Waals surface area contributed by atoms with Crippen LogP contribution < -0.4 is 0 Å². The monoisotopic (exact) mass is 397 g/mol. The lowest BCUT2D eigenvalue weighted by molar-refractivity contribution is -0.0631. The largest absolute Gasteiger partial charge is 0.394 e. The Bertz CT molecular complexity index is 750. The van der Waals surface area contributed by atoms with Crippen LogP contribution in [0.3, 0.4) is 0 Å². The van der Waals surface area contributed by atoms with E-state index in [0.29, 0.717) is 11.1 Å². The second-order valence-electron chi connectivity index (χ2n) is 7.05. The van der Waals surface area contributed by atoms with Crippen LogP contribution in [0.25, 0.3) is 0 Å². The van der Waals surface area contributed by atoms with E-state index in [2.05, 4.69) is 0 Å². The van der Waals surface area contributed by atoms with Gasteiger partial charge in [-0.1, -0.05) is 48.5 Å². The van der Waals surface area contributed by atoms with Crippen LogP contribution in [0.5, 0.6) is 0 Å². The summed E-state index contributed by atoms with van der Waals surface area (Å²) in [6.45, 7) is 0.191. The predicted octanol–water partition coefficient (Wildman–Crippen LogP) is 4.35. The molecule has 2 fully saturated rings. The molecule has 0 saturated carbocycles. The van der Waals surface area contributed by atoms with E-state index in [-0.39, 0.29) is 30.9 Å². The summed E-state index contributed by atoms with van der Waals surface area (Å²) in [5, 5.41) is 9.99. The Morgan fingerprint density at radius 1 is 0.821 bits per heavy atom. The Hall–Kier alpha value is -2.00. The van der Waals surface area contributed by atoms with Gasteiger partial charge in [0, 0.05) is 11.1 Å². The first-order valence-corrected chi connectivity index (χ1v) is 8.84. The highest BCUT2D eigenvalue weighted by atomic mass is 19.3. The van der Waals surface area contributed by atoms with Crippen LogP contribution in [0.1, 0.15) is 47.6 Å². The smallest absolute Gasteiger partial charge is 0.263 e. The van der Waals surface area contributed by atoms with Crippen molar-refractivity contribution in [2.45, 2.75) is 30.8 Å². The van der Waals surface area contributed by atoms with E-state index >= 15 is 0 Å². The number of fused-ring (bicyclic) bond motifs is 1. The first-order valence-electron chi connectivity index (χ1n) is 8.84. The molecule has 0 aliphatic carbocycles. The molecule has 0 unspecified atom stereocenters. The first-order chi connectivity index (χ1) is 13.4. The number of alkyl halides is 4. The van der Waals surface area contributed by atoms with Gasteiger partial charge in [0.1, 0.15) is 12.5 Å². The van der Waals surface area contributed by atoms with Gasteiger partial charge in [0.2, 0.25) is 0 Å². The topological polar surface area (TPSA) is 41.9 Å². The van der Waals surface area contributed by atoms with Crippen molar-refractivity contribution in [3.63, 3.8) is 0 Å². The maximum atomic E-state index is 12.8. The molecule has 0 spiro atoms. The van der Waals surface area contributed by atoms with E-state index in [0.717, 1.165) is 0 Å². The summed E-state index contributed by atoms with van der Waals surface area (Å²) in [6, 6.07) is 11.6. The highest BCUT2D eigenvalue weighted by Crippen LogP contribution is 2.49. The number of benzene rings is 2. The molecule has 8 heteroatoms. The molecule has 4 nitrogen and oxygen atoms in total. The fourth-order valence-electron chi connectivity index (χ4n) is 3.74. The Kier molecular flexibility index (Phi) is 5.13. The number of hydrogen-bond donors (Lipinski definition) is 1. The first kappa shape index (κ1) is 19.3. The lowest BCUT2D eigenvalue weighted by Gasteiger charge is -2.33. The van der Waals surface area contributed by atoms with Crippen molar-refractivity contribution in [1.29, 1.82) is 0 Å². The average Bonchev–Trinajstić information content (AvgIpc) is 3.26. The fraction of sp³-hybridized carbons (Fsp3) is 0.400. The molecule has 4 rings (SSSR count). The number of ether oxygens (including phenoxy) is 2.